The van der Waals surface area contributed by atoms with Crippen molar-refractivity contribution in [1.82, 2.24) is 38.6 Å². The smallest absolute Gasteiger partial charge is 0.329 e. The van der Waals surface area contributed by atoms with Crippen molar-refractivity contribution in [3.05, 3.63) is 86.2 Å². The summed E-state index contributed by atoms with van der Waals surface area (Å²) in [4.78, 5) is 61.6. The second-order valence-electron chi connectivity index (χ2n) is 17.7. The minimum absolute atomic E-state index is 0.0776. The van der Waals surface area contributed by atoms with Crippen molar-refractivity contribution in [2.45, 2.75) is 108 Å². The van der Waals surface area contributed by atoms with E-state index in [1.165, 1.54) is 33.0 Å². The Labute approximate surface area is 369 Å². The van der Waals surface area contributed by atoms with Crippen LogP contribution in [0.5, 0.6) is 0 Å². The number of piperidine rings is 2. The molecule has 5 aromatic rings. The molecular formula is C45H55F2N9O7S. The van der Waals surface area contributed by atoms with Gasteiger partial charge in [0.05, 0.1) is 34.2 Å². The molecule has 0 bridgehead atoms. The van der Waals surface area contributed by atoms with Crippen molar-refractivity contribution in [3.8, 4) is 0 Å². The predicted molar refractivity (Wildman–Crippen MR) is 238 cm³/mol. The largest absolute Gasteiger partial charge is 0.377 e. The van der Waals surface area contributed by atoms with Crippen LogP contribution in [0.1, 0.15) is 106 Å². The van der Waals surface area contributed by atoms with Crippen molar-refractivity contribution in [2.24, 2.45) is 13.0 Å². The summed E-state index contributed by atoms with van der Waals surface area (Å²) >= 11 is 0. The van der Waals surface area contributed by atoms with Gasteiger partial charge in [-0.2, -0.15) is 4.98 Å². The second kappa shape index (κ2) is 18.6. The number of ether oxygens (including phenoxy) is 1. The number of halogens is 2. The van der Waals surface area contributed by atoms with Gasteiger partial charge in [0.1, 0.15) is 11.7 Å². The number of anilines is 2. The van der Waals surface area contributed by atoms with E-state index < -0.39 is 45.6 Å². The normalized spacial score (nSPS) is 20.5. The molecule has 1 unspecified atom stereocenters. The van der Waals surface area contributed by atoms with E-state index in [2.05, 4.69) is 42.4 Å². The molecule has 3 fully saturated rings. The molecule has 1 saturated carbocycles. The molecule has 2 saturated heterocycles. The molecule has 3 aromatic heterocycles. The molecule has 0 spiro atoms. The highest BCUT2D eigenvalue weighted by Crippen LogP contribution is 2.34. The zero-order valence-electron chi connectivity index (χ0n) is 36.5. The molecule has 0 radical (unpaired) electrons. The third kappa shape index (κ3) is 9.39. The molecule has 2 aliphatic heterocycles. The SMILES string of the molecule is Cc1cc(S(=O)(=O)NCCO[C@H]2CC[C@H](CN3CCC(c4ccc5c(c4)n(C)c(=O)n5C4CCC(=O)NC4=O)CC3)CC2)ccc1Nc1ncc2cc(C(F)F)c(=O)n(C(C)C)c2n1. The van der Waals surface area contributed by atoms with Gasteiger partial charge in [-0.3, -0.25) is 33.4 Å². The van der Waals surface area contributed by atoms with Gasteiger partial charge in [0.2, 0.25) is 27.8 Å². The van der Waals surface area contributed by atoms with E-state index in [9.17, 15) is 36.4 Å². The number of carbonyl (C=O) groups is 2. The number of likely N-dealkylation sites (tertiary alicyclic amines) is 1. The Morgan fingerprint density at radius 1 is 0.938 bits per heavy atom. The molecule has 2 aromatic carbocycles. The zero-order chi connectivity index (χ0) is 45.4. The maximum atomic E-state index is 13.5. The van der Waals surface area contributed by atoms with E-state index in [4.69, 9.17) is 4.74 Å². The van der Waals surface area contributed by atoms with Crippen LogP contribution in [0.25, 0.3) is 22.1 Å². The second-order valence-corrected chi connectivity index (χ2v) is 19.4. The molecular weight excluding hydrogens is 849 g/mol. The number of aromatic nitrogens is 5. The van der Waals surface area contributed by atoms with Crippen LogP contribution in [0.15, 0.2) is 63.1 Å². The summed E-state index contributed by atoms with van der Waals surface area (Å²) < 4.78 is 66.6. The summed E-state index contributed by atoms with van der Waals surface area (Å²) in [7, 11) is -2.11. The Bertz CT molecular complexity index is 2810. The Kier molecular flexibility index (Phi) is 13.2. The Morgan fingerprint density at radius 3 is 2.38 bits per heavy atom. The molecule has 342 valence electrons. The van der Waals surface area contributed by atoms with Crippen LogP contribution < -0.4 is 26.6 Å². The number of pyridine rings is 1. The van der Waals surface area contributed by atoms with E-state index in [0.29, 0.717) is 40.4 Å². The summed E-state index contributed by atoms with van der Waals surface area (Å²) in [5, 5.41) is 5.72. The van der Waals surface area contributed by atoms with Crippen LogP contribution in [0.4, 0.5) is 20.4 Å². The van der Waals surface area contributed by atoms with Crippen LogP contribution in [0.3, 0.4) is 0 Å². The van der Waals surface area contributed by atoms with Crippen molar-refractivity contribution in [2.75, 3.05) is 38.1 Å². The number of hydrogen-bond donors (Lipinski definition) is 3. The first-order valence-electron chi connectivity index (χ1n) is 22.0. The van der Waals surface area contributed by atoms with Gasteiger partial charge in [-0.05, 0) is 138 Å². The van der Waals surface area contributed by atoms with Gasteiger partial charge >= 0.3 is 5.69 Å². The number of aryl methyl sites for hydroxylation is 2. The van der Waals surface area contributed by atoms with Crippen LogP contribution in [0.2, 0.25) is 0 Å². The third-order valence-corrected chi connectivity index (χ3v) is 14.5. The lowest BCUT2D eigenvalue weighted by atomic mass is 9.85. The van der Waals surface area contributed by atoms with Gasteiger partial charge in [-0.1, -0.05) is 6.07 Å². The van der Waals surface area contributed by atoms with Gasteiger partial charge in [-0.15, -0.1) is 0 Å². The number of alkyl halides is 2. The fourth-order valence-corrected chi connectivity index (χ4v) is 10.6. The number of hydrogen-bond acceptors (Lipinski definition) is 11. The monoisotopic (exact) mass is 903 g/mol. The lowest BCUT2D eigenvalue weighted by Gasteiger charge is -2.36. The average molecular weight is 904 g/mol. The fourth-order valence-electron chi connectivity index (χ4n) is 9.55. The van der Waals surface area contributed by atoms with E-state index in [1.54, 1.807) is 38.5 Å². The molecule has 3 N–H and O–H groups in total. The minimum Gasteiger partial charge on any atom is -0.377 e. The third-order valence-electron chi connectivity index (χ3n) is 13.1. The lowest BCUT2D eigenvalue weighted by Crippen LogP contribution is -2.44. The van der Waals surface area contributed by atoms with Crippen LogP contribution >= 0.6 is 0 Å². The van der Waals surface area contributed by atoms with E-state index >= 15 is 0 Å². The number of benzene rings is 2. The van der Waals surface area contributed by atoms with E-state index in [-0.39, 0.29) is 53.8 Å². The van der Waals surface area contributed by atoms with Crippen molar-refractivity contribution in [3.63, 3.8) is 0 Å². The van der Waals surface area contributed by atoms with Crippen LogP contribution in [-0.2, 0) is 31.4 Å². The Morgan fingerprint density at radius 2 is 1.69 bits per heavy atom. The van der Waals surface area contributed by atoms with Crippen LogP contribution in [0, 0.1) is 12.8 Å². The number of nitrogens with one attached hydrogen (secondary N) is 3. The number of imide groups is 1. The first kappa shape index (κ1) is 45.2. The molecule has 1 atom stereocenters. The summed E-state index contributed by atoms with van der Waals surface area (Å²) in [5.74, 6) is 0.324. The maximum Gasteiger partial charge on any atom is 0.329 e. The molecule has 3 aliphatic rings. The van der Waals surface area contributed by atoms with Gasteiger partial charge in [0.25, 0.3) is 12.0 Å². The standard InChI is InChI=1S/C45H55F2N9O7S/c1-26(2)55-41-31(22-34(40(46)47)43(55)59)24-48-44(52-41)50-35-11-10-33(21-27(35)3)64(61,62)49-17-20-63-32-8-5-28(6-9-32)25-54-18-15-29(16-19-54)30-7-12-36-38(23-30)53(4)45(60)56(36)37-13-14-39(57)51-42(37)58/h7,10-12,21-24,26,28-29,32,37,40,49H,5-6,8-9,13-20,25H2,1-4H3,(H,48,50,52)(H,51,57,58)/t28-,32-,37?. The molecule has 5 heterocycles. The Hall–Kier alpha value is -5.37. The number of sulfonamides is 1. The van der Waals surface area contributed by atoms with E-state index in [1.807, 2.05) is 6.07 Å². The predicted octanol–water partition coefficient (Wildman–Crippen LogP) is 5.73. The molecule has 2 amide bonds. The maximum absolute atomic E-state index is 13.5. The number of imidazole rings is 1. The van der Waals surface area contributed by atoms with Crippen LogP contribution in [-0.4, -0.2) is 87.7 Å². The highest BCUT2D eigenvalue weighted by Gasteiger charge is 2.32. The zero-order valence-corrected chi connectivity index (χ0v) is 37.3. The molecule has 1 aliphatic carbocycles. The van der Waals surface area contributed by atoms with Crippen molar-refractivity contribution >= 4 is 55.5 Å². The van der Waals surface area contributed by atoms with Crippen molar-refractivity contribution < 1.29 is 31.5 Å². The summed E-state index contributed by atoms with van der Waals surface area (Å²) in [6.45, 7) is 8.55. The first-order chi connectivity index (χ1) is 30.6. The lowest BCUT2D eigenvalue weighted by molar-refractivity contribution is -0.135. The number of amides is 2. The molecule has 64 heavy (non-hydrogen) atoms. The number of nitrogens with zero attached hydrogens (tertiary/aromatic N) is 6. The summed E-state index contributed by atoms with van der Waals surface area (Å²) in [6, 6.07) is 10.7. The number of fused-ring (bicyclic) bond motifs is 2. The van der Waals surface area contributed by atoms with Gasteiger partial charge in [0.15, 0.2) is 0 Å². The van der Waals surface area contributed by atoms with Gasteiger partial charge in [-0.25, -0.2) is 31.7 Å². The minimum atomic E-state index is -3.83. The number of carbonyl (C=O) groups excluding carboxylic acids is 2. The fraction of sp³-hybridized carbons (Fsp3) is 0.511. The quantitative estimate of drug-likeness (QED) is 0.0912. The van der Waals surface area contributed by atoms with Gasteiger partial charge < -0.3 is 15.0 Å². The van der Waals surface area contributed by atoms with E-state index in [0.717, 1.165) is 69.7 Å². The summed E-state index contributed by atoms with van der Waals surface area (Å²) in [5.41, 5.74) is 2.34. The Balaban J connectivity index is 0.771. The van der Waals surface area contributed by atoms with Crippen molar-refractivity contribution in [1.29, 1.82) is 0 Å². The molecule has 16 nitrogen and oxygen atoms in total. The first-order valence-corrected chi connectivity index (χ1v) is 23.5. The average Bonchev–Trinajstić information content (AvgIpc) is 3.51. The molecule has 19 heteroatoms. The van der Waals surface area contributed by atoms with Gasteiger partial charge in [0, 0.05) is 49.9 Å². The number of rotatable bonds is 14. The highest BCUT2D eigenvalue weighted by molar-refractivity contribution is 7.89. The highest BCUT2D eigenvalue weighted by atomic mass is 32.2. The topological polar surface area (TPSA) is 192 Å². The summed E-state index contributed by atoms with van der Waals surface area (Å²) in [6.07, 6.45) is 5.00. The molecule has 8 rings (SSSR count).